The van der Waals surface area contributed by atoms with E-state index < -0.39 is 17.8 Å². The molecular formula is C16H22O6. The molecular weight excluding hydrogens is 288 g/mol. The zero-order valence-electron chi connectivity index (χ0n) is 13.0. The molecule has 1 fully saturated rings. The van der Waals surface area contributed by atoms with Crippen LogP contribution in [0.15, 0.2) is 12.1 Å². The van der Waals surface area contributed by atoms with Crippen LogP contribution >= 0.6 is 0 Å². The summed E-state index contributed by atoms with van der Waals surface area (Å²) >= 11 is 0. The zero-order valence-corrected chi connectivity index (χ0v) is 13.0. The molecule has 6 heteroatoms. The Morgan fingerprint density at radius 3 is 2.50 bits per heavy atom. The summed E-state index contributed by atoms with van der Waals surface area (Å²) in [5.41, 5.74) is 0.237. The summed E-state index contributed by atoms with van der Waals surface area (Å²) in [4.78, 5) is 0. The van der Waals surface area contributed by atoms with E-state index in [-0.39, 0.29) is 12.7 Å². The highest BCUT2D eigenvalue weighted by Crippen LogP contribution is 2.46. The van der Waals surface area contributed by atoms with E-state index >= 15 is 0 Å². The van der Waals surface area contributed by atoms with Crippen LogP contribution in [-0.2, 0) is 15.9 Å². The van der Waals surface area contributed by atoms with Crippen molar-refractivity contribution in [2.45, 2.75) is 43.9 Å². The first-order chi connectivity index (χ1) is 10.5. The summed E-state index contributed by atoms with van der Waals surface area (Å²) in [5, 5.41) is 21.6. The van der Waals surface area contributed by atoms with Crippen molar-refractivity contribution >= 4 is 0 Å². The van der Waals surface area contributed by atoms with E-state index in [4.69, 9.17) is 18.9 Å². The SMILES string of the molecule is COc1ccc(OC)c2c1CC(O)([C@H]1CO[C@H](C)O1)CC2O. The summed E-state index contributed by atoms with van der Waals surface area (Å²) in [5.74, 6) is 1.22. The average molecular weight is 310 g/mol. The van der Waals surface area contributed by atoms with Crippen LogP contribution in [0.4, 0.5) is 0 Å². The molecule has 1 aromatic carbocycles. The second kappa shape index (κ2) is 5.70. The van der Waals surface area contributed by atoms with Crippen molar-refractivity contribution in [3.05, 3.63) is 23.3 Å². The molecule has 0 amide bonds. The van der Waals surface area contributed by atoms with Crippen LogP contribution in [-0.4, -0.2) is 49.0 Å². The number of benzene rings is 1. The predicted octanol–water partition coefficient (Wildman–Crippen LogP) is 1.18. The first-order valence-electron chi connectivity index (χ1n) is 7.39. The van der Waals surface area contributed by atoms with E-state index in [0.717, 1.165) is 5.56 Å². The molecule has 2 unspecified atom stereocenters. The van der Waals surface area contributed by atoms with E-state index in [1.54, 1.807) is 33.3 Å². The van der Waals surface area contributed by atoms with Crippen LogP contribution in [0.2, 0.25) is 0 Å². The fourth-order valence-corrected chi connectivity index (χ4v) is 3.42. The van der Waals surface area contributed by atoms with Gasteiger partial charge in [0.2, 0.25) is 0 Å². The van der Waals surface area contributed by atoms with Crippen LogP contribution in [0.25, 0.3) is 0 Å². The van der Waals surface area contributed by atoms with Crippen molar-refractivity contribution in [2.24, 2.45) is 0 Å². The quantitative estimate of drug-likeness (QED) is 0.873. The Morgan fingerprint density at radius 2 is 1.91 bits per heavy atom. The molecule has 4 atom stereocenters. The number of aliphatic hydroxyl groups is 2. The molecule has 0 radical (unpaired) electrons. The monoisotopic (exact) mass is 310 g/mol. The van der Waals surface area contributed by atoms with Gasteiger partial charge in [-0.3, -0.25) is 0 Å². The van der Waals surface area contributed by atoms with Gasteiger partial charge in [0.1, 0.15) is 23.2 Å². The molecule has 3 rings (SSSR count). The number of ether oxygens (including phenoxy) is 4. The Balaban J connectivity index is 2.01. The van der Waals surface area contributed by atoms with Gasteiger partial charge in [0.05, 0.1) is 26.9 Å². The van der Waals surface area contributed by atoms with E-state index in [9.17, 15) is 10.2 Å². The second-order valence-electron chi connectivity index (χ2n) is 5.89. The van der Waals surface area contributed by atoms with Gasteiger partial charge >= 0.3 is 0 Å². The first-order valence-corrected chi connectivity index (χ1v) is 7.39. The van der Waals surface area contributed by atoms with Gasteiger partial charge in [-0.2, -0.15) is 0 Å². The van der Waals surface area contributed by atoms with Gasteiger partial charge in [0.25, 0.3) is 0 Å². The number of hydrogen-bond acceptors (Lipinski definition) is 6. The third-order valence-electron chi connectivity index (χ3n) is 4.51. The lowest BCUT2D eigenvalue weighted by molar-refractivity contribution is -0.131. The molecule has 2 N–H and O–H groups in total. The van der Waals surface area contributed by atoms with E-state index in [2.05, 4.69) is 0 Å². The summed E-state index contributed by atoms with van der Waals surface area (Å²) in [6.45, 7) is 2.10. The molecule has 122 valence electrons. The highest BCUT2D eigenvalue weighted by atomic mass is 16.7. The first kappa shape index (κ1) is 15.6. The zero-order chi connectivity index (χ0) is 15.9. The molecule has 1 heterocycles. The lowest BCUT2D eigenvalue weighted by Crippen LogP contribution is -2.49. The maximum Gasteiger partial charge on any atom is 0.155 e. The van der Waals surface area contributed by atoms with Crippen molar-refractivity contribution in [3.63, 3.8) is 0 Å². The normalized spacial score (nSPS) is 34.3. The Morgan fingerprint density at radius 1 is 1.23 bits per heavy atom. The van der Waals surface area contributed by atoms with Gasteiger partial charge in [-0.05, 0) is 19.1 Å². The number of aliphatic hydroxyl groups excluding tert-OH is 1. The molecule has 0 spiro atoms. The largest absolute Gasteiger partial charge is 0.496 e. The van der Waals surface area contributed by atoms with Crippen molar-refractivity contribution in [1.82, 2.24) is 0 Å². The Hall–Kier alpha value is -1.34. The van der Waals surface area contributed by atoms with Gasteiger partial charge < -0.3 is 29.2 Å². The minimum atomic E-state index is -1.20. The molecule has 1 aromatic rings. The molecule has 0 bridgehead atoms. The number of hydrogen-bond donors (Lipinski definition) is 2. The Bertz CT molecular complexity index is 560. The maximum atomic E-state index is 11.0. The fourth-order valence-electron chi connectivity index (χ4n) is 3.42. The maximum absolute atomic E-state index is 11.0. The van der Waals surface area contributed by atoms with Crippen LogP contribution in [0.1, 0.15) is 30.6 Å². The molecule has 0 aromatic heterocycles. The third-order valence-corrected chi connectivity index (χ3v) is 4.51. The Labute approximate surface area is 129 Å². The van der Waals surface area contributed by atoms with Gasteiger partial charge in [0.15, 0.2) is 6.29 Å². The van der Waals surface area contributed by atoms with Gasteiger partial charge in [-0.15, -0.1) is 0 Å². The van der Waals surface area contributed by atoms with Gasteiger partial charge in [-0.25, -0.2) is 0 Å². The molecule has 22 heavy (non-hydrogen) atoms. The average Bonchev–Trinajstić information content (AvgIpc) is 2.93. The fraction of sp³-hybridized carbons (Fsp3) is 0.625. The summed E-state index contributed by atoms with van der Waals surface area (Å²) in [7, 11) is 3.13. The summed E-state index contributed by atoms with van der Waals surface area (Å²) in [6, 6.07) is 3.55. The summed E-state index contributed by atoms with van der Waals surface area (Å²) in [6.07, 6.45) is -1.18. The second-order valence-corrected chi connectivity index (χ2v) is 5.89. The van der Waals surface area contributed by atoms with Crippen molar-refractivity contribution in [3.8, 4) is 11.5 Å². The van der Waals surface area contributed by atoms with Crippen LogP contribution in [0.5, 0.6) is 11.5 Å². The highest BCUT2D eigenvalue weighted by molar-refractivity contribution is 5.52. The van der Waals surface area contributed by atoms with Crippen molar-refractivity contribution in [1.29, 1.82) is 0 Å². The standard InChI is InChI=1S/C16H22O6/c1-9-21-8-14(22-9)16(18)6-10-12(19-2)4-5-13(20-3)15(10)11(17)7-16/h4-5,9,11,14,17-18H,6-8H2,1-3H3/t9-,11?,14+,16?/m0/s1. The minimum Gasteiger partial charge on any atom is -0.496 e. The van der Waals surface area contributed by atoms with Gasteiger partial charge in [0, 0.05) is 24.0 Å². The summed E-state index contributed by atoms with van der Waals surface area (Å²) < 4.78 is 21.8. The van der Waals surface area contributed by atoms with Crippen LogP contribution in [0, 0.1) is 0 Å². The Kier molecular flexibility index (Phi) is 4.03. The molecule has 1 aliphatic carbocycles. The number of rotatable bonds is 3. The number of methoxy groups -OCH3 is 2. The number of fused-ring (bicyclic) bond motifs is 1. The molecule has 1 aliphatic heterocycles. The molecule has 6 nitrogen and oxygen atoms in total. The smallest absolute Gasteiger partial charge is 0.155 e. The van der Waals surface area contributed by atoms with Crippen LogP contribution < -0.4 is 9.47 Å². The van der Waals surface area contributed by atoms with Gasteiger partial charge in [-0.1, -0.05) is 0 Å². The molecule has 2 aliphatic rings. The lowest BCUT2D eigenvalue weighted by atomic mass is 9.75. The topological polar surface area (TPSA) is 77.4 Å². The van der Waals surface area contributed by atoms with Crippen molar-refractivity contribution in [2.75, 3.05) is 20.8 Å². The third kappa shape index (κ3) is 2.46. The van der Waals surface area contributed by atoms with Crippen molar-refractivity contribution < 1.29 is 29.2 Å². The highest BCUT2D eigenvalue weighted by Gasteiger charge is 2.48. The van der Waals surface area contributed by atoms with E-state index in [1.807, 2.05) is 0 Å². The minimum absolute atomic E-state index is 0.171. The predicted molar refractivity (Wildman–Crippen MR) is 78.1 cm³/mol. The van der Waals surface area contributed by atoms with E-state index in [0.29, 0.717) is 30.1 Å². The van der Waals surface area contributed by atoms with E-state index in [1.165, 1.54) is 0 Å². The molecule has 0 saturated carbocycles. The lowest BCUT2D eigenvalue weighted by Gasteiger charge is -2.40. The van der Waals surface area contributed by atoms with Crippen LogP contribution in [0.3, 0.4) is 0 Å². The molecule has 1 saturated heterocycles.